The largest absolute Gasteiger partial charge is 0.462 e. The molecule has 2 aromatic carbocycles. The molecule has 34 heavy (non-hydrogen) atoms. The molecule has 6 rings (SSSR count). The minimum atomic E-state index is -0.525. The average molecular weight is 467 g/mol. The van der Waals surface area contributed by atoms with Crippen molar-refractivity contribution < 1.29 is 23.4 Å². The van der Waals surface area contributed by atoms with Gasteiger partial charge in [-0.05, 0) is 48.2 Å². The van der Waals surface area contributed by atoms with Crippen LogP contribution in [0.2, 0.25) is 0 Å². The Bertz CT molecular complexity index is 1070. The second-order valence-electron chi connectivity index (χ2n) is 9.84. The summed E-state index contributed by atoms with van der Waals surface area (Å²) in [6.45, 7) is 4.49. The van der Waals surface area contributed by atoms with Gasteiger partial charge in [0, 0.05) is 50.6 Å². The zero-order chi connectivity index (χ0) is 23.1. The molecule has 1 saturated carbocycles. The number of hydrogen-bond donors (Lipinski definition) is 0. The lowest BCUT2D eigenvalue weighted by atomic mass is 9.89. The SMILES string of the molecule is O=C(c1ccc(-c2ccc3c(c2)COC2(CCN(C4CCC4)CC2)O3)cc1F)N1CCOCC1. The number of likely N-dealkylation sites (tertiary alicyclic amines) is 1. The zero-order valence-corrected chi connectivity index (χ0v) is 19.4. The second kappa shape index (κ2) is 8.95. The molecule has 0 aromatic heterocycles. The lowest BCUT2D eigenvalue weighted by molar-refractivity contribution is -0.231. The van der Waals surface area contributed by atoms with Crippen molar-refractivity contribution in [2.45, 2.75) is 50.5 Å². The fourth-order valence-corrected chi connectivity index (χ4v) is 5.44. The van der Waals surface area contributed by atoms with Gasteiger partial charge in [-0.1, -0.05) is 18.6 Å². The highest BCUT2D eigenvalue weighted by Gasteiger charge is 2.42. The monoisotopic (exact) mass is 466 g/mol. The number of morpholine rings is 1. The lowest BCUT2D eigenvalue weighted by Gasteiger charge is -2.47. The van der Waals surface area contributed by atoms with Crippen molar-refractivity contribution in [3.8, 4) is 16.9 Å². The number of ether oxygens (including phenoxy) is 3. The van der Waals surface area contributed by atoms with Crippen molar-refractivity contribution in [2.75, 3.05) is 39.4 Å². The number of benzene rings is 2. The van der Waals surface area contributed by atoms with Crippen LogP contribution in [0.4, 0.5) is 4.39 Å². The Morgan fingerprint density at radius 2 is 1.71 bits per heavy atom. The Morgan fingerprint density at radius 3 is 2.41 bits per heavy atom. The summed E-state index contributed by atoms with van der Waals surface area (Å²) in [6, 6.07) is 11.5. The van der Waals surface area contributed by atoms with E-state index < -0.39 is 11.6 Å². The van der Waals surface area contributed by atoms with Gasteiger partial charge in [-0.2, -0.15) is 0 Å². The predicted octanol–water partition coefficient (Wildman–Crippen LogP) is 4.22. The molecule has 0 N–H and O–H groups in total. The fraction of sp³-hybridized carbons (Fsp3) is 0.519. The summed E-state index contributed by atoms with van der Waals surface area (Å²) in [5, 5.41) is 0. The molecule has 0 unspecified atom stereocenters. The second-order valence-corrected chi connectivity index (χ2v) is 9.84. The van der Waals surface area contributed by atoms with Crippen molar-refractivity contribution >= 4 is 5.91 Å². The summed E-state index contributed by atoms with van der Waals surface area (Å²) < 4.78 is 32.8. The van der Waals surface area contributed by atoms with Crippen molar-refractivity contribution in [2.24, 2.45) is 0 Å². The summed E-state index contributed by atoms with van der Waals surface area (Å²) in [6.07, 6.45) is 5.77. The Balaban J connectivity index is 1.15. The van der Waals surface area contributed by atoms with E-state index in [-0.39, 0.29) is 11.5 Å². The molecule has 0 bridgehead atoms. The van der Waals surface area contributed by atoms with Crippen LogP contribution in [0.5, 0.6) is 5.75 Å². The molecule has 3 aliphatic heterocycles. The quantitative estimate of drug-likeness (QED) is 0.678. The number of halogens is 1. The molecule has 180 valence electrons. The van der Waals surface area contributed by atoms with Crippen molar-refractivity contribution in [1.29, 1.82) is 0 Å². The number of fused-ring (bicyclic) bond motifs is 1. The number of piperidine rings is 1. The summed E-state index contributed by atoms with van der Waals surface area (Å²) >= 11 is 0. The Morgan fingerprint density at radius 1 is 0.971 bits per heavy atom. The molecular formula is C27H31FN2O4. The molecule has 1 spiro atoms. The number of rotatable bonds is 3. The molecule has 0 atom stereocenters. The van der Waals surface area contributed by atoms with E-state index in [2.05, 4.69) is 4.90 Å². The van der Waals surface area contributed by atoms with Crippen LogP contribution >= 0.6 is 0 Å². The highest BCUT2D eigenvalue weighted by molar-refractivity contribution is 5.95. The maximum absolute atomic E-state index is 14.9. The standard InChI is InChI=1S/C27H31FN2O4/c28-24-17-20(4-6-23(24)26(31)30-12-14-32-15-13-30)19-5-7-25-21(16-19)18-33-27(34-25)8-10-29(11-9-27)22-2-1-3-22/h4-7,16-17,22H,1-3,8-15,18H2. The van der Waals surface area contributed by atoms with Crippen LogP contribution in [0.1, 0.15) is 48.0 Å². The molecule has 1 aliphatic carbocycles. The first kappa shape index (κ1) is 22.0. The van der Waals surface area contributed by atoms with E-state index in [1.54, 1.807) is 17.0 Å². The van der Waals surface area contributed by atoms with Gasteiger partial charge in [0.05, 0.1) is 25.4 Å². The summed E-state index contributed by atoms with van der Waals surface area (Å²) in [5.41, 5.74) is 2.68. The van der Waals surface area contributed by atoms with Crippen LogP contribution in [-0.4, -0.2) is 66.9 Å². The maximum atomic E-state index is 14.9. The number of nitrogens with zero attached hydrogens (tertiary/aromatic N) is 2. The molecule has 6 nitrogen and oxygen atoms in total. The first-order chi connectivity index (χ1) is 16.6. The van der Waals surface area contributed by atoms with E-state index in [0.717, 1.165) is 54.4 Å². The van der Waals surface area contributed by atoms with Crippen LogP contribution in [0.15, 0.2) is 36.4 Å². The maximum Gasteiger partial charge on any atom is 0.256 e. The van der Waals surface area contributed by atoms with Crippen molar-refractivity contribution in [1.82, 2.24) is 9.80 Å². The highest BCUT2D eigenvalue weighted by Crippen LogP contribution is 2.40. The van der Waals surface area contributed by atoms with E-state index >= 15 is 0 Å². The van der Waals surface area contributed by atoms with Crippen LogP contribution in [-0.2, 0) is 16.1 Å². The van der Waals surface area contributed by atoms with Gasteiger partial charge < -0.3 is 19.1 Å². The molecule has 2 saturated heterocycles. The average Bonchev–Trinajstić information content (AvgIpc) is 2.84. The molecule has 2 aromatic rings. The van der Waals surface area contributed by atoms with E-state index in [0.29, 0.717) is 32.9 Å². The zero-order valence-electron chi connectivity index (χ0n) is 19.4. The molecule has 1 amide bonds. The first-order valence-corrected chi connectivity index (χ1v) is 12.5. The van der Waals surface area contributed by atoms with E-state index in [1.807, 2.05) is 18.2 Å². The molecule has 7 heteroatoms. The molecule has 4 aliphatic rings. The molecular weight excluding hydrogens is 435 g/mol. The number of carbonyl (C=O) groups is 1. The predicted molar refractivity (Wildman–Crippen MR) is 125 cm³/mol. The van der Waals surface area contributed by atoms with E-state index in [4.69, 9.17) is 14.2 Å². The lowest BCUT2D eigenvalue weighted by Crippen LogP contribution is -2.54. The van der Waals surface area contributed by atoms with E-state index in [1.165, 1.54) is 25.3 Å². The minimum Gasteiger partial charge on any atom is -0.462 e. The first-order valence-electron chi connectivity index (χ1n) is 12.5. The summed E-state index contributed by atoms with van der Waals surface area (Å²) in [4.78, 5) is 16.9. The van der Waals surface area contributed by atoms with Gasteiger partial charge in [0.1, 0.15) is 11.6 Å². The van der Waals surface area contributed by atoms with Crippen LogP contribution in [0.3, 0.4) is 0 Å². The molecule has 0 radical (unpaired) electrons. The summed E-state index contributed by atoms with van der Waals surface area (Å²) in [5.74, 6) is -0.459. The van der Waals surface area contributed by atoms with Crippen molar-refractivity contribution in [3.63, 3.8) is 0 Å². The number of amides is 1. The number of carbonyl (C=O) groups excluding carboxylic acids is 1. The number of hydrogen-bond acceptors (Lipinski definition) is 5. The Hall–Kier alpha value is -2.48. The van der Waals surface area contributed by atoms with Crippen molar-refractivity contribution in [3.05, 3.63) is 53.3 Å². The smallest absolute Gasteiger partial charge is 0.256 e. The topological polar surface area (TPSA) is 51.2 Å². The highest BCUT2D eigenvalue weighted by atomic mass is 19.1. The summed E-state index contributed by atoms with van der Waals surface area (Å²) in [7, 11) is 0. The third kappa shape index (κ3) is 4.10. The molecule has 3 heterocycles. The van der Waals surface area contributed by atoms with Crippen LogP contribution in [0.25, 0.3) is 11.1 Å². The van der Waals surface area contributed by atoms with Crippen LogP contribution < -0.4 is 4.74 Å². The molecule has 3 fully saturated rings. The van der Waals surface area contributed by atoms with Gasteiger partial charge in [-0.15, -0.1) is 0 Å². The fourth-order valence-electron chi connectivity index (χ4n) is 5.44. The Kier molecular flexibility index (Phi) is 5.79. The van der Waals surface area contributed by atoms with E-state index in [9.17, 15) is 9.18 Å². The minimum absolute atomic E-state index is 0.102. The van der Waals surface area contributed by atoms with Gasteiger partial charge in [-0.25, -0.2) is 4.39 Å². The van der Waals surface area contributed by atoms with Gasteiger partial charge in [0.2, 0.25) is 5.79 Å². The third-order valence-electron chi connectivity index (χ3n) is 7.83. The van der Waals surface area contributed by atoms with Gasteiger partial charge in [0.25, 0.3) is 5.91 Å². The normalized spacial score (nSPS) is 22.7. The van der Waals surface area contributed by atoms with Crippen LogP contribution in [0, 0.1) is 5.82 Å². The Labute approximate surface area is 199 Å². The van der Waals surface area contributed by atoms with Gasteiger partial charge >= 0.3 is 0 Å². The van der Waals surface area contributed by atoms with Gasteiger partial charge in [-0.3, -0.25) is 9.69 Å². The van der Waals surface area contributed by atoms with Gasteiger partial charge in [0.15, 0.2) is 0 Å². The third-order valence-corrected chi connectivity index (χ3v) is 7.83.